The van der Waals surface area contributed by atoms with Crippen molar-refractivity contribution >= 4 is 16.0 Å². The van der Waals surface area contributed by atoms with Crippen LogP contribution in [0.5, 0.6) is 0 Å². The fraction of sp³-hybridized carbons (Fsp3) is 0.923. The Morgan fingerprint density at radius 3 is 2.55 bits per heavy atom. The zero-order valence-electron chi connectivity index (χ0n) is 12.3. The predicted octanol–water partition coefficient (Wildman–Crippen LogP) is 0.735. The highest BCUT2D eigenvalue weighted by molar-refractivity contribution is 7.89. The van der Waals surface area contributed by atoms with Gasteiger partial charge < -0.3 is 9.64 Å². The molecule has 0 spiro atoms. The summed E-state index contributed by atoms with van der Waals surface area (Å²) in [5, 5.41) is 0. The number of likely N-dealkylation sites (tertiary alicyclic amines) is 1. The number of hydrogen-bond acceptors (Lipinski definition) is 5. The van der Waals surface area contributed by atoms with E-state index in [9.17, 15) is 13.2 Å². The third-order valence-electron chi connectivity index (χ3n) is 3.44. The predicted molar refractivity (Wildman–Crippen MR) is 77.9 cm³/mol. The highest BCUT2D eigenvalue weighted by Gasteiger charge is 2.12. The monoisotopic (exact) mass is 306 g/mol. The molecule has 0 radical (unpaired) electrons. The topological polar surface area (TPSA) is 75.7 Å². The molecule has 1 fully saturated rings. The van der Waals surface area contributed by atoms with Crippen molar-refractivity contribution in [2.24, 2.45) is 0 Å². The van der Waals surface area contributed by atoms with E-state index in [4.69, 9.17) is 0 Å². The van der Waals surface area contributed by atoms with E-state index in [2.05, 4.69) is 14.4 Å². The van der Waals surface area contributed by atoms with Gasteiger partial charge >= 0.3 is 5.97 Å². The zero-order chi connectivity index (χ0) is 14.8. The number of rotatable bonds is 9. The second-order valence-electron chi connectivity index (χ2n) is 5.15. The molecule has 1 aliphatic heterocycles. The van der Waals surface area contributed by atoms with Crippen molar-refractivity contribution in [3.8, 4) is 0 Å². The van der Waals surface area contributed by atoms with Gasteiger partial charge in [-0.25, -0.2) is 13.1 Å². The second kappa shape index (κ2) is 9.31. The van der Waals surface area contributed by atoms with Crippen LogP contribution in [-0.4, -0.2) is 58.3 Å². The summed E-state index contributed by atoms with van der Waals surface area (Å²) in [5.74, 6) is -0.392. The smallest absolute Gasteiger partial charge is 0.305 e. The molecule has 118 valence electrons. The number of methoxy groups -OCH3 is 1. The number of carbonyl (C=O) groups is 1. The highest BCUT2D eigenvalue weighted by atomic mass is 32.2. The lowest BCUT2D eigenvalue weighted by molar-refractivity contribution is -0.140. The molecule has 1 N–H and O–H groups in total. The molecular weight excluding hydrogens is 280 g/mol. The maximum absolute atomic E-state index is 11.7. The number of esters is 1. The van der Waals surface area contributed by atoms with E-state index in [-0.39, 0.29) is 18.1 Å². The van der Waals surface area contributed by atoms with E-state index in [0.717, 1.165) is 26.1 Å². The van der Waals surface area contributed by atoms with Gasteiger partial charge in [-0.05, 0) is 45.3 Å². The van der Waals surface area contributed by atoms with Crippen LogP contribution in [0, 0.1) is 0 Å². The number of piperidine rings is 1. The van der Waals surface area contributed by atoms with Crippen LogP contribution in [-0.2, 0) is 19.6 Å². The summed E-state index contributed by atoms with van der Waals surface area (Å²) in [6.07, 6.45) is 5.08. The van der Waals surface area contributed by atoms with Gasteiger partial charge in [0.25, 0.3) is 0 Å². The van der Waals surface area contributed by atoms with Gasteiger partial charge in [0, 0.05) is 13.0 Å². The van der Waals surface area contributed by atoms with Crippen LogP contribution in [0.25, 0.3) is 0 Å². The molecule has 0 aliphatic carbocycles. The molecule has 1 heterocycles. The first-order chi connectivity index (χ1) is 9.53. The minimum atomic E-state index is -3.26. The normalized spacial score (nSPS) is 17.1. The van der Waals surface area contributed by atoms with Gasteiger partial charge in [-0.3, -0.25) is 4.79 Å². The zero-order valence-corrected chi connectivity index (χ0v) is 13.1. The molecule has 0 aromatic rings. The maximum atomic E-state index is 11.7. The molecule has 0 aromatic carbocycles. The fourth-order valence-corrected chi connectivity index (χ4v) is 3.42. The fourth-order valence-electron chi connectivity index (χ4n) is 2.29. The lowest BCUT2D eigenvalue weighted by atomic mass is 10.1. The number of nitrogens with one attached hydrogen (secondary N) is 1. The van der Waals surface area contributed by atoms with Crippen LogP contribution in [0.3, 0.4) is 0 Å². The number of hydrogen-bond donors (Lipinski definition) is 1. The van der Waals surface area contributed by atoms with E-state index in [1.807, 2.05) is 0 Å². The Hall–Kier alpha value is -0.660. The summed E-state index contributed by atoms with van der Waals surface area (Å²) >= 11 is 0. The molecule has 0 amide bonds. The minimum Gasteiger partial charge on any atom is -0.469 e. The molecule has 0 unspecified atom stereocenters. The maximum Gasteiger partial charge on any atom is 0.305 e. The van der Waals surface area contributed by atoms with Crippen LogP contribution < -0.4 is 4.72 Å². The highest BCUT2D eigenvalue weighted by Crippen LogP contribution is 2.08. The molecule has 1 aliphatic rings. The Kier molecular flexibility index (Phi) is 8.09. The van der Waals surface area contributed by atoms with Gasteiger partial charge in [-0.1, -0.05) is 6.42 Å². The van der Waals surface area contributed by atoms with Crippen molar-refractivity contribution in [2.45, 2.75) is 38.5 Å². The molecule has 6 nitrogen and oxygen atoms in total. The lowest BCUT2D eigenvalue weighted by Gasteiger charge is -2.26. The average Bonchev–Trinajstić information content (AvgIpc) is 2.44. The molecule has 0 atom stereocenters. The van der Waals surface area contributed by atoms with Crippen molar-refractivity contribution in [3.05, 3.63) is 0 Å². The van der Waals surface area contributed by atoms with Crippen molar-refractivity contribution in [1.82, 2.24) is 9.62 Å². The Morgan fingerprint density at radius 1 is 1.20 bits per heavy atom. The Morgan fingerprint density at radius 2 is 1.90 bits per heavy atom. The summed E-state index contributed by atoms with van der Waals surface area (Å²) in [6, 6.07) is 0. The third-order valence-corrected chi connectivity index (χ3v) is 4.91. The molecule has 20 heavy (non-hydrogen) atoms. The van der Waals surface area contributed by atoms with Crippen molar-refractivity contribution < 1.29 is 17.9 Å². The minimum absolute atomic E-state index is 0.0220. The number of carbonyl (C=O) groups excluding carboxylic acids is 1. The van der Waals surface area contributed by atoms with Gasteiger partial charge in [0.15, 0.2) is 0 Å². The number of nitrogens with zero attached hydrogens (tertiary/aromatic N) is 1. The molecule has 0 aromatic heterocycles. The van der Waals surface area contributed by atoms with Crippen LogP contribution >= 0.6 is 0 Å². The summed E-state index contributed by atoms with van der Waals surface area (Å²) in [5.41, 5.74) is 0. The Balaban J connectivity index is 2.08. The molecule has 7 heteroatoms. The molecule has 1 saturated heterocycles. The van der Waals surface area contributed by atoms with Crippen LogP contribution in [0.4, 0.5) is 0 Å². The molecule has 1 rings (SSSR count). The van der Waals surface area contributed by atoms with Gasteiger partial charge in [0.2, 0.25) is 10.0 Å². The van der Waals surface area contributed by atoms with E-state index in [0.29, 0.717) is 13.0 Å². The largest absolute Gasteiger partial charge is 0.469 e. The SMILES string of the molecule is COC(=O)CCCS(=O)(=O)NCCCN1CCCCC1. The van der Waals surface area contributed by atoms with Crippen molar-refractivity contribution in [1.29, 1.82) is 0 Å². The second-order valence-corrected chi connectivity index (χ2v) is 7.08. The third kappa shape index (κ3) is 7.81. The summed E-state index contributed by atoms with van der Waals surface area (Å²) in [6.45, 7) is 3.68. The van der Waals surface area contributed by atoms with Gasteiger partial charge in [0.05, 0.1) is 12.9 Å². The summed E-state index contributed by atoms with van der Waals surface area (Å²) < 4.78 is 30.4. The molecule has 0 saturated carbocycles. The average molecular weight is 306 g/mol. The van der Waals surface area contributed by atoms with Gasteiger partial charge in [-0.2, -0.15) is 0 Å². The number of sulfonamides is 1. The van der Waals surface area contributed by atoms with E-state index >= 15 is 0 Å². The van der Waals surface area contributed by atoms with Crippen molar-refractivity contribution in [2.75, 3.05) is 39.0 Å². The van der Waals surface area contributed by atoms with Crippen LogP contribution in [0.15, 0.2) is 0 Å². The van der Waals surface area contributed by atoms with E-state index in [1.165, 1.54) is 26.4 Å². The van der Waals surface area contributed by atoms with Crippen molar-refractivity contribution in [3.63, 3.8) is 0 Å². The lowest BCUT2D eigenvalue weighted by Crippen LogP contribution is -2.34. The van der Waals surface area contributed by atoms with Gasteiger partial charge in [0.1, 0.15) is 0 Å². The van der Waals surface area contributed by atoms with E-state index < -0.39 is 10.0 Å². The Bertz CT molecular complexity index is 378. The standard InChI is InChI=1S/C13H26N2O4S/c1-19-13(16)7-5-12-20(17,18)14-8-6-11-15-9-3-2-4-10-15/h14H,2-12H2,1H3. The molecule has 0 bridgehead atoms. The Labute approximate surface area is 121 Å². The first kappa shape index (κ1) is 17.4. The number of ether oxygens (including phenoxy) is 1. The first-order valence-electron chi connectivity index (χ1n) is 7.30. The molecular formula is C13H26N2O4S. The van der Waals surface area contributed by atoms with Gasteiger partial charge in [-0.15, -0.1) is 0 Å². The first-order valence-corrected chi connectivity index (χ1v) is 8.95. The summed E-state index contributed by atoms with van der Waals surface area (Å²) in [7, 11) is -1.96. The van der Waals surface area contributed by atoms with Crippen LogP contribution in [0.2, 0.25) is 0 Å². The van der Waals surface area contributed by atoms with E-state index in [1.54, 1.807) is 0 Å². The van der Waals surface area contributed by atoms with Crippen LogP contribution in [0.1, 0.15) is 38.5 Å². The summed E-state index contributed by atoms with van der Waals surface area (Å²) in [4.78, 5) is 13.3. The quantitative estimate of drug-likeness (QED) is 0.502.